The van der Waals surface area contributed by atoms with E-state index < -0.39 is 4.92 Å². The highest BCUT2D eigenvalue weighted by Gasteiger charge is 2.13. The predicted octanol–water partition coefficient (Wildman–Crippen LogP) is 2.92. The molecule has 0 saturated carbocycles. The van der Waals surface area contributed by atoms with Crippen LogP contribution < -0.4 is 11.1 Å². The number of hydrogen-bond donors (Lipinski definition) is 2. The van der Waals surface area contributed by atoms with Crippen LogP contribution in [0.15, 0.2) is 48.5 Å². The molecule has 3 N–H and O–H groups in total. The van der Waals surface area contributed by atoms with Gasteiger partial charge < -0.3 is 11.1 Å². The van der Waals surface area contributed by atoms with Crippen molar-refractivity contribution in [3.63, 3.8) is 0 Å². The summed E-state index contributed by atoms with van der Waals surface area (Å²) in [5, 5.41) is 13.9. The van der Waals surface area contributed by atoms with Gasteiger partial charge in [-0.3, -0.25) is 10.1 Å². The molecule has 0 aliphatic carbocycles. The first-order valence-corrected chi connectivity index (χ1v) is 5.89. The molecule has 0 bridgehead atoms. The van der Waals surface area contributed by atoms with Crippen molar-refractivity contribution in [2.45, 2.75) is 0 Å². The fourth-order valence-electron chi connectivity index (χ4n) is 1.75. The Bertz CT molecular complexity index is 626. The first kappa shape index (κ1) is 13.0. The molecule has 96 valence electrons. The van der Waals surface area contributed by atoms with Crippen molar-refractivity contribution in [2.24, 2.45) is 5.73 Å². The Morgan fingerprint density at radius 2 is 1.79 bits per heavy atom. The summed E-state index contributed by atoms with van der Waals surface area (Å²) < 4.78 is 0. The zero-order valence-electron chi connectivity index (χ0n) is 9.87. The molecule has 0 heterocycles. The van der Waals surface area contributed by atoms with Gasteiger partial charge in [-0.2, -0.15) is 0 Å². The van der Waals surface area contributed by atoms with Crippen LogP contribution in [0.1, 0.15) is 0 Å². The molecule has 6 heteroatoms. The van der Waals surface area contributed by atoms with Gasteiger partial charge in [0.1, 0.15) is 0 Å². The summed E-state index contributed by atoms with van der Waals surface area (Å²) in [6, 6.07) is 13.7. The quantitative estimate of drug-likeness (QED) is 0.510. The molecule has 19 heavy (non-hydrogen) atoms. The molecule has 0 amide bonds. The molecule has 5 nitrogen and oxygen atoms in total. The van der Waals surface area contributed by atoms with E-state index in [1.807, 2.05) is 0 Å². The molecule has 0 spiro atoms. The first-order valence-electron chi connectivity index (χ1n) is 5.48. The van der Waals surface area contributed by atoms with Gasteiger partial charge in [-0.05, 0) is 36.0 Å². The Balaban J connectivity index is 2.37. The van der Waals surface area contributed by atoms with Gasteiger partial charge in [0.25, 0.3) is 5.69 Å². The summed E-state index contributed by atoms with van der Waals surface area (Å²) in [5.41, 5.74) is 7.54. The van der Waals surface area contributed by atoms with Crippen molar-refractivity contribution >= 4 is 28.7 Å². The average Bonchev–Trinajstić information content (AvgIpc) is 2.39. The third kappa shape index (κ3) is 3.05. The average molecular weight is 273 g/mol. The number of nitrogens with zero attached hydrogens (tertiary/aromatic N) is 1. The van der Waals surface area contributed by atoms with Gasteiger partial charge in [-0.1, -0.05) is 24.3 Å². The minimum Gasteiger partial charge on any atom is -0.376 e. The fraction of sp³-hybridized carbons (Fsp3) is 0. The Labute approximate surface area is 115 Å². The smallest absolute Gasteiger partial charge is 0.277 e. The van der Waals surface area contributed by atoms with E-state index in [4.69, 9.17) is 18.0 Å². The van der Waals surface area contributed by atoms with Crippen LogP contribution in [0.5, 0.6) is 0 Å². The second-order valence-corrected chi connectivity index (χ2v) is 4.28. The monoisotopic (exact) mass is 273 g/mol. The minimum absolute atomic E-state index is 0.0811. The van der Waals surface area contributed by atoms with Crippen LogP contribution in [0.2, 0.25) is 0 Å². The van der Waals surface area contributed by atoms with Crippen molar-refractivity contribution in [1.82, 2.24) is 0 Å². The maximum Gasteiger partial charge on any atom is 0.277 e. The highest BCUT2D eigenvalue weighted by atomic mass is 32.1. The number of hydrogen-bond acceptors (Lipinski definition) is 3. The maximum atomic E-state index is 11.0. The number of nitro benzene ring substituents is 1. The molecule has 2 aromatic carbocycles. The van der Waals surface area contributed by atoms with Crippen LogP contribution in [0.4, 0.5) is 11.4 Å². The van der Waals surface area contributed by atoms with Crippen LogP contribution in [0, 0.1) is 10.1 Å². The number of para-hydroxylation sites is 1. The van der Waals surface area contributed by atoms with E-state index >= 15 is 0 Å². The second kappa shape index (κ2) is 5.45. The van der Waals surface area contributed by atoms with E-state index in [0.29, 0.717) is 5.56 Å². The lowest BCUT2D eigenvalue weighted by Gasteiger charge is -2.06. The lowest BCUT2D eigenvalue weighted by Crippen LogP contribution is -2.18. The highest BCUT2D eigenvalue weighted by molar-refractivity contribution is 7.80. The number of rotatable bonds is 3. The molecule has 0 saturated heterocycles. The van der Waals surface area contributed by atoms with Crippen LogP contribution in [0.25, 0.3) is 11.1 Å². The molecule has 0 atom stereocenters. The minimum atomic E-state index is -0.392. The van der Waals surface area contributed by atoms with Gasteiger partial charge in [-0.25, -0.2) is 0 Å². The number of benzene rings is 2. The Morgan fingerprint density at radius 1 is 1.16 bits per heavy atom. The number of nitro groups is 1. The van der Waals surface area contributed by atoms with Gasteiger partial charge >= 0.3 is 0 Å². The summed E-state index contributed by atoms with van der Waals surface area (Å²) >= 11 is 4.74. The molecule has 0 unspecified atom stereocenters. The van der Waals surface area contributed by atoms with Crippen molar-refractivity contribution in [1.29, 1.82) is 0 Å². The standard InChI is InChI=1S/C13H11N3O2S/c14-13(19)15-10-7-5-9(6-8-10)11-3-1-2-4-12(11)16(17)18/h1-8H,(H3,14,15,19). The van der Waals surface area contributed by atoms with Gasteiger partial charge in [-0.15, -0.1) is 0 Å². The molecule has 2 rings (SSSR count). The third-order valence-electron chi connectivity index (χ3n) is 2.56. The van der Waals surface area contributed by atoms with Crippen LogP contribution >= 0.6 is 12.2 Å². The Hall–Kier alpha value is -2.47. The molecule has 0 aliphatic rings. The largest absolute Gasteiger partial charge is 0.376 e. The van der Waals surface area contributed by atoms with Crippen LogP contribution in [0.3, 0.4) is 0 Å². The summed E-state index contributed by atoms with van der Waals surface area (Å²) in [6.45, 7) is 0. The van der Waals surface area contributed by atoms with E-state index in [1.54, 1.807) is 42.5 Å². The topological polar surface area (TPSA) is 81.2 Å². The van der Waals surface area contributed by atoms with Crippen molar-refractivity contribution in [3.8, 4) is 11.1 Å². The van der Waals surface area contributed by atoms with Crippen LogP contribution in [-0.2, 0) is 0 Å². The number of nitrogens with two attached hydrogens (primary N) is 1. The summed E-state index contributed by atoms with van der Waals surface area (Å²) in [5.74, 6) is 0. The van der Waals surface area contributed by atoms with E-state index in [-0.39, 0.29) is 10.8 Å². The SMILES string of the molecule is NC(=S)Nc1ccc(-c2ccccc2[N+](=O)[O-])cc1. The van der Waals surface area contributed by atoms with E-state index in [1.165, 1.54) is 6.07 Å². The maximum absolute atomic E-state index is 11.0. The summed E-state index contributed by atoms with van der Waals surface area (Å²) in [6.07, 6.45) is 0. The van der Waals surface area contributed by atoms with Crippen molar-refractivity contribution in [2.75, 3.05) is 5.32 Å². The Morgan fingerprint density at radius 3 is 2.37 bits per heavy atom. The van der Waals surface area contributed by atoms with Crippen molar-refractivity contribution in [3.05, 3.63) is 58.6 Å². The fourth-order valence-corrected chi connectivity index (χ4v) is 1.87. The zero-order chi connectivity index (χ0) is 13.8. The summed E-state index contributed by atoms with van der Waals surface area (Å²) in [7, 11) is 0. The molecule has 0 aliphatic heterocycles. The van der Waals surface area contributed by atoms with Gasteiger partial charge in [0.05, 0.1) is 10.5 Å². The van der Waals surface area contributed by atoms with Gasteiger partial charge in [0, 0.05) is 11.8 Å². The number of thiocarbonyl (C=S) groups is 1. The number of anilines is 1. The lowest BCUT2D eigenvalue weighted by molar-refractivity contribution is -0.384. The number of nitrogens with one attached hydrogen (secondary N) is 1. The first-order chi connectivity index (χ1) is 9.08. The molecule has 0 radical (unpaired) electrons. The molecule has 2 aromatic rings. The van der Waals surface area contributed by atoms with E-state index in [0.717, 1.165) is 11.3 Å². The van der Waals surface area contributed by atoms with Crippen LogP contribution in [-0.4, -0.2) is 10.0 Å². The third-order valence-corrected chi connectivity index (χ3v) is 2.67. The molecular weight excluding hydrogens is 262 g/mol. The molecule has 0 aromatic heterocycles. The Kier molecular flexibility index (Phi) is 3.72. The normalized spacial score (nSPS) is 9.89. The zero-order valence-corrected chi connectivity index (χ0v) is 10.7. The summed E-state index contributed by atoms with van der Waals surface area (Å²) in [4.78, 5) is 10.6. The molecule has 0 fully saturated rings. The lowest BCUT2D eigenvalue weighted by atomic mass is 10.0. The van der Waals surface area contributed by atoms with Crippen molar-refractivity contribution < 1.29 is 4.92 Å². The molecular formula is C13H11N3O2S. The van der Waals surface area contributed by atoms with E-state index in [9.17, 15) is 10.1 Å². The predicted molar refractivity (Wildman–Crippen MR) is 78.9 cm³/mol. The van der Waals surface area contributed by atoms with Gasteiger partial charge in [0.2, 0.25) is 0 Å². The van der Waals surface area contributed by atoms with E-state index in [2.05, 4.69) is 5.32 Å². The van der Waals surface area contributed by atoms with Gasteiger partial charge in [0.15, 0.2) is 5.11 Å². The highest BCUT2D eigenvalue weighted by Crippen LogP contribution is 2.30. The second-order valence-electron chi connectivity index (χ2n) is 3.84.